The van der Waals surface area contributed by atoms with E-state index in [0.717, 1.165) is 12.8 Å². The summed E-state index contributed by atoms with van der Waals surface area (Å²) >= 11 is 0. The third kappa shape index (κ3) is 5.32. The SMILES string of the molecule is CCC(CC)(CN)NC(=O)Cc1cccc([N+](=O)[O-])c1.Cl. The smallest absolute Gasteiger partial charge is 0.269 e. The van der Waals surface area contributed by atoms with Crippen molar-refractivity contribution in [2.24, 2.45) is 5.73 Å². The van der Waals surface area contributed by atoms with Crippen molar-refractivity contribution in [1.29, 1.82) is 0 Å². The molecule has 0 aliphatic heterocycles. The summed E-state index contributed by atoms with van der Waals surface area (Å²) < 4.78 is 0. The van der Waals surface area contributed by atoms with Crippen molar-refractivity contribution in [2.75, 3.05) is 6.54 Å². The van der Waals surface area contributed by atoms with Gasteiger partial charge in [-0.2, -0.15) is 0 Å². The second kappa shape index (κ2) is 8.59. The molecule has 0 saturated carbocycles. The molecule has 1 amide bonds. The molecule has 1 aromatic carbocycles. The van der Waals surface area contributed by atoms with Crippen LogP contribution in [0.5, 0.6) is 0 Å². The van der Waals surface area contributed by atoms with Crippen molar-refractivity contribution < 1.29 is 9.72 Å². The van der Waals surface area contributed by atoms with Gasteiger partial charge >= 0.3 is 0 Å². The van der Waals surface area contributed by atoms with Crippen LogP contribution in [-0.4, -0.2) is 22.9 Å². The molecule has 21 heavy (non-hydrogen) atoms. The molecule has 0 heterocycles. The Morgan fingerprint density at radius 3 is 2.48 bits per heavy atom. The molecule has 1 rings (SSSR count). The summed E-state index contributed by atoms with van der Waals surface area (Å²) in [6.07, 6.45) is 1.62. The van der Waals surface area contributed by atoms with Crippen molar-refractivity contribution in [3.63, 3.8) is 0 Å². The number of halogens is 1. The maximum atomic E-state index is 12.0. The summed E-state index contributed by atoms with van der Waals surface area (Å²) in [6, 6.07) is 6.11. The Kier molecular flexibility index (Phi) is 7.91. The third-order valence-corrected chi connectivity index (χ3v) is 3.63. The average Bonchev–Trinajstić information content (AvgIpc) is 2.45. The van der Waals surface area contributed by atoms with Crippen LogP contribution in [0.25, 0.3) is 0 Å². The minimum absolute atomic E-state index is 0. The predicted molar refractivity (Wildman–Crippen MR) is 84.6 cm³/mol. The first kappa shape index (κ1) is 19.3. The van der Waals surface area contributed by atoms with Crippen molar-refractivity contribution in [3.05, 3.63) is 39.9 Å². The highest BCUT2D eigenvalue weighted by Crippen LogP contribution is 2.16. The molecule has 0 fully saturated rings. The Morgan fingerprint density at radius 2 is 2.00 bits per heavy atom. The second-order valence-corrected chi connectivity index (χ2v) is 4.84. The van der Waals surface area contributed by atoms with Gasteiger partial charge < -0.3 is 11.1 Å². The number of benzene rings is 1. The van der Waals surface area contributed by atoms with Gasteiger partial charge in [0.25, 0.3) is 5.69 Å². The van der Waals surface area contributed by atoms with Crippen LogP contribution in [0, 0.1) is 10.1 Å². The van der Waals surface area contributed by atoms with E-state index in [1.165, 1.54) is 12.1 Å². The van der Waals surface area contributed by atoms with E-state index in [9.17, 15) is 14.9 Å². The predicted octanol–water partition coefficient (Wildman–Crippen LogP) is 2.19. The number of carbonyl (C=O) groups is 1. The van der Waals surface area contributed by atoms with Crippen LogP contribution in [0.4, 0.5) is 5.69 Å². The highest BCUT2D eigenvalue weighted by atomic mass is 35.5. The van der Waals surface area contributed by atoms with Crippen molar-refractivity contribution in [2.45, 2.75) is 38.6 Å². The number of nitrogens with one attached hydrogen (secondary N) is 1. The monoisotopic (exact) mass is 315 g/mol. The molecule has 7 heteroatoms. The minimum atomic E-state index is -0.469. The van der Waals surface area contributed by atoms with Gasteiger partial charge in [-0.3, -0.25) is 14.9 Å². The molecular weight excluding hydrogens is 294 g/mol. The average molecular weight is 316 g/mol. The number of non-ortho nitro benzene ring substituents is 1. The third-order valence-electron chi connectivity index (χ3n) is 3.63. The van der Waals surface area contributed by atoms with Gasteiger partial charge in [0.15, 0.2) is 0 Å². The van der Waals surface area contributed by atoms with E-state index in [2.05, 4.69) is 5.32 Å². The first-order valence-electron chi connectivity index (χ1n) is 6.70. The number of hydrogen-bond donors (Lipinski definition) is 2. The van der Waals surface area contributed by atoms with Crippen molar-refractivity contribution in [1.82, 2.24) is 5.32 Å². The highest BCUT2D eigenvalue weighted by molar-refractivity contribution is 5.85. The molecule has 0 saturated heterocycles. The van der Waals surface area contributed by atoms with Gasteiger partial charge in [0.05, 0.1) is 16.9 Å². The van der Waals surface area contributed by atoms with Crippen LogP contribution < -0.4 is 11.1 Å². The zero-order valence-corrected chi connectivity index (χ0v) is 13.1. The number of amides is 1. The summed E-state index contributed by atoms with van der Waals surface area (Å²) in [5.41, 5.74) is 5.95. The molecule has 0 bridgehead atoms. The molecule has 0 aliphatic rings. The summed E-state index contributed by atoms with van der Waals surface area (Å²) in [6.45, 7) is 4.33. The van der Waals surface area contributed by atoms with E-state index in [1.54, 1.807) is 12.1 Å². The Bertz CT molecular complexity index is 482. The lowest BCUT2D eigenvalue weighted by molar-refractivity contribution is -0.384. The number of rotatable bonds is 7. The Hall–Kier alpha value is -1.66. The topological polar surface area (TPSA) is 98.3 Å². The number of nitrogens with zero attached hydrogens (tertiary/aromatic N) is 1. The fourth-order valence-corrected chi connectivity index (χ4v) is 2.07. The van der Waals surface area contributed by atoms with Crippen molar-refractivity contribution >= 4 is 24.0 Å². The van der Waals surface area contributed by atoms with E-state index in [4.69, 9.17) is 5.73 Å². The minimum Gasteiger partial charge on any atom is -0.349 e. The molecule has 0 unspecified atom stereocenters. The standard InChI is InChI=1S/C14H21N3O3.ClH/c1-3-14(4-2,10-15)16-13(18)9-11-6-5-7-12(8-11)17(19)20;/h5-8H,3-4,9-10,15H2,1-2H3,(H,16,18);1H. The summed E-state index contributed by atoms with van der Waals surface area (Å²) in [5.74, 6) is -0.167. The fourth-order valence-electron chi connectivity index (χ4n) is 2.07. The Labute approximate surface area is 130 Å². The molecule has 118 valence electrons. The van der Waals surface area contributed by atoms with Crippen LogP contribution in [0.1, 0.15) is 32.3 Å². The zero-order valence-electron chi connectivity index (χ0n) is 12.3. The van der Waals surface area contributed by atoms with Gasteiger partial charge in [0, 0.05) is 18.7 Å². The zero-order chi connectivity index (χ0) is 15.2. The van der Waals surface area contributed by atoms with Crippen molar-refractivity contribution in [3.8, 4) is 0 Å². The Balaban J connectivity index is 0.00000400. The van der Waals surface area contributed by atoms with Gasteiger partial charge in [-0.25, -0.2) is 0 Å². The molecule has 1 aromatic rings. The van der Waals surface area contributed by atoms with E-state index in [-0.39, 0.29) is 30.4 Å². The number of carbonyl (C=O) groups excluding carboxylic acids is 1. The van der Waals surface area contributed by atoms with E-state index in [1.807, 2.05) is 13.8 Å². The quantitative estimate of drug-likeness (QED) is 0.595. The van der Waals surface area contributed by atoms with Gasteiger partial charge in [-0.15, -0.1) is 12.4 Å². The van der Waals surface area contributed by atoms with E-state index >= 15 is 0 Å². The maximum Gasteiger partial charge on any atom is 0.269 e. The highest BCUT2D eigenvalue weighted by Gasteiger charge is 2.26. The van der Waals surface area contributed by atoms with Gasteiger partial charge in [-0.05, 0) is 18.4 Å². The summed E-state index contributed by atoms with van der Waals surface area (Å²) in [5, 5.41) is 13.6. The molecule has 0 atom stereocenters. The number of nitro benzene ring substituents is 1. The lowest BCUT2D eigenvalue weighted by atomic mass is 9.92. The number of nitrogens with two attached hydrogens (primary N) is 1. The van der Waals surface area contributed by atoms with Crippen LogP contribution >= 0.6 is 12.4 Å². The summed E-state index contributed by atoms with van der Waals surface area (Å²) in [7, 11) is 0. The molecular formula is C14H22ClN3O3. The molecule has 0 radical (unpaired) electrons. The van der Waals surface area contributed by atoms with Gasteiger partial charge in [0.1, 0.15) is 0 Å². The number of nitro groups is 1. The van der Waals surface area contributed by atoms with Crippen LogP contribution in [-0.2, 0) is 11.2 Å². The molecule has 0 spiro atoms. The lowest BCUT2D eigenvalue weighted by Crippen LogP contribution is -2.53. The molecule has 3 N–H and O–H groups in total. The van der Waals surface area contributed by atoms with Gasteiger partial charge in [-0.1, -0.05) is 26.0 Å². The summed E-state index contributed by atoms with van der Waals surface area (Å²) in [4.78, 5) is 22.3. The maximum absolute atomic E-state index is 12.0. The molecule has 0 aliphatic carbocycles. The van der Waals surface area contributed by atoms with Crippen LogP contribution in [0.3, 0.4) is 0 Å². The second-order valence-electron chi connectivity index (χ2n) is 4.84. The lowest BCUT2D eigenvalue weighted by Gasteiger charge is -2.31. The van der Waals surface area contributed by atoms with E-state index < -0.39 is 10.5 Å². The molecule has 6 nitrogen and oxygen atoms in total. The largest absolute Gasteiger partial charge is 0.349 e. The Morgan fingerprint density at radius 1 is 1.38 bits per heavy atom. The first-order valence-corrected chi connectivity index (χ1v) is 6.70. The van der Waals surface area contributed by atoms with Crippen LogP contribution in [0.15, 0.2) is 24.3 Å². The molecule has 0 aromatic heterocycles. The normalized spacial score (nSPS) is 10.6. The fraction of sp³-hybridized carbons (Fsp3) is 0.500. The van der Waals surface area contributed by atoms with E-state index in [0.29, 0.717) is 12.1 Å². The van der Waals surface area contributed by atoms with Gasteiger partial charge in [0.2, 0.25) is 5.91 Å². The number of hydrogen-bond acceptors (Lipinski definition) is 4. The van der Waals surface area contributed by atoms with Crippen LogP contribution in [0.2, 0.25) is 0 Å². The first-order chi connectivity index (χ1) is 9.46.